The zero-order valence-corrected chi connectivity index (χ0v) is 12.9. The maximum Gasteiger partial charge on any atom is 0.328 e. The van der Waals surface area contributed by atoms with Crippen LogP contribution in [-0.2, 0) is 11.4 Å². The molecule has 0 fully saturated rings. The lowest BCUT2D eigenvalue weighted by atomic mass is 10.2. The highest BCUT2D eigenvalue weighted by molar-refractivity contribution is 9.10. The highest BCUT2D eigenvalue weighted by Crippen LogP contribution is 2.20. The number of hydrogen-bond donors (Lipinski definition) is 1. The van der Waals surface area contributed by atoms with Gasteiger partial charge in [0.1, 0.15) is 18.1 Å². The van der Waals surface area contributed by atoms with E-state index in [-0.39, 0.29) is 0 Å². The van der Waals surface area contributed by atoms with Crippen LogP contribution in [0, 0.1) is 6.92 Å². The second-order valence-corrected chi connectivity index (χ2v) is 5.22. The average molecular weight is 349 g/mol. The molecule has 0 amide bonds. The van der Waals surface area contributed by atoms with Crippen molar-refractivity contribution in [1.82, 2.24) is 9.97 Å². The maximum atomic E-state index is 10.6. The molecule has 0 saturated carbocycles. The molecule has 0 atom stereocenters. The number of nitrogens with zero attached hydrogens (tertiary/aromatic N) is 2. The molecule has 0 aliphatic heterocycles. The van der Waals surface area contributed by atoms with E-state index in [1.165, 1.54) is 6.08 Å². The number of carboxylic acid groups (broad SMARTS) is 1. The average Bonchev–Trinajstić information content (AvgIpc) is 2.44. The molecule has 2 rings (SSSR count). The van der Waals surface area contributed by atoms with E-state index in [2.05, 4.69) is 25.9 Å². The van der Waals surface area contributed by atoms with E-state index >= 15 is 0 Å². The second-order valence-electron chi connectivity index (χ2n) is 4.31. The smallest absolute Gasteiger partial charge is 0.328 e. The fraction of sp³-hybridized carbons (Fsp3) is 0.133. The minimum absolute atomic E-state index is 0.324. The minimum atomic E-state index is -1.03. The van der Waals surface area contributed by atoms with Gasteiger partial charge in [-0.2, -0.15) is 0 Å². The molecule has 0 aromatic carbocycles. The Hall–Kier alpha value is -2.21. The Morgan fingerprint density at radius 2 is 2.24 bits per heavy atom. The molecule has 0 radical (unpaired) electrons. The number of rotatable bonds is 5. The van der Waals surface area contributed by atoms with Crippen LogP contribution in [-0.4, -0.2) is 21.0 Å². The zero-order chi connectivity index (χ0) is 15.2. The first-order chi connectivity index (χ1) is 10.0. The largest absolute Gasteiger partial charge is 0.487 e. The Labute approximate surface area is 130 Å². The van der Waals surface area contributed by atoms with Crippen LogP contribution in [0.4, 0.5) is 0 Å². The summed E-state index contributed by atoms with van der Waals surface area (Å²) in [5.74, 6) is -0.501. The van der Waals surface area contributed by atoms with E-state index in [4.69, 9.17) is 9.84 Å². The standard InChI is InChI=1S/C15H13BrN2O3/c1-10-2-4-14(13(18-10)3-5-15(19)20)21-9-11-6-12(16)8-17-7-11/h2-8H,9H2,1H3,(H,19,20)/b5-3+. The van der Waals surface area contributed by atoms with Crippen molar-refractivity contribution >= 4 is 28.0 Å². The van der Waals surface area contributed by atoms with Crippen molar-refractivity contribution in [2.45, 2.75) is 13.5 Å². The second kappa shape index (κ2) is 6.99. The van der Waals surface area contributed by atoms with Crippen molar-refractivity contribution in [2.75, 3.05) is 0 Å². The first-order valence-corrected chi connectivity index (χ1v) is 6.95. The fourth-order valence-electron chi connectivity index (χ4n) is 1.65. The maximum absolute atomic E-state index is 10.6. The zero-order valence-electron chi connectivity index (χ0n) is 11.3. The Kier molecular flexibility index (Phi) is 5.05. The van der Waals surface area contributed by atoms with Gasteiger partial charge in [-0.3, -0.25) is 4.98 Å². The molecule has 0 aliphatic carbocycles. The molecule has 1 N–H and O–H groups in total. The van der Waals surface area contributed by atoms with E-state index in [0.717, 1.165) is 21.8 Å². The van der Waals surface area contributed by atoms with Gasteiger partial charge in [0.15, 0.2) is 0 Å². The van der Waals surface area contributed by atoms with Crippen molar-refractivity contribution in [1.29, 1.82) is 0 Å². The molecule has 108 valence electrons. The van der Waals surface area contributed by atoms with Gasteiger partial charge in [0.2, 0.25) is 0 Å². The van der Waals surface area contributed by atoms with Crippen LogP contribution in [0.2, 0.25) is 0 Å². The van der Waals surface area contributed by atoms with E-state index < -0.39 is 5.97 Å². The number of ether oxygens (including phenoxy) is 1. The molecule has 0 saturated heterocycles. The fourth-order valence-corrected chi connectivity index (χ4v) is 2.06. The van der Waals surface area contributed by atoms with Gasteiger partial charge < -0.3 is 9.84 Å². The number of hydrogen-bond acceptors (Lipinski definition) is 4. The quantitative estimate of drug-likeness (QED) is 0.839. The van der Waals surface area contributed by atoms with E-state index in [9.17, 15) is 4.79 Å². The van der Waals surface area contributed by atoms with Gasteiger partial charge >= 0.3 is 5.97 Å². The number of aliphatic carboxylic acids is 1. The molecule has 21 heavy (non-hydrogen) atoms. The highest BCUT2D eigenvalue weighted by atomic mass is 79.9. The summed E-state index contributed by atoms with van der Waals surface area (Å²) in [7, 11) is 0. The Morgan fingerprint density at radius 3 is 2.95 bits per heavy atom. The monoisotopic (exact) mass is 348 g/mol. The number of halogens is 1. The lowest BCUT2D eigenvalue weighted by Gasteiger charge is -2.09. The summed E-state index contributed by atoms with van der Waals surface area (Å²) < 4.78 is 6.57. The number of carboxylic acids is 1. The van der Waals surface area contributed by atoms with Crippen molar-refractivity contribution in [3.05, 3.63) is 58.1 Å². The van der Waals surface area contributed by atoms with Crippen molar-refractivity contribution in [3.63, 3.8) is 0 Å². The lowest BCUT2D eigenvalue weighted by molar-refractivity contribution is -0.131. The van der Waals surface area contributed by atoms with Crippen LogP contribution in [0.15, 0.2) is 41.1 Å². The predicted molar refractivity (Wildman–Crippen MR) is 81.9 cm³/mol. The summed E-state index contributed by atoms with van der Waals surface area (Å²) in [5, 5.41) is 8.70. The molecule has 0 unspecified atom stereocenters. The summed E-state index contributed by atoms with van der Waals surface area (Å²) >= 11 is 3.35. The van der Waals surface area contributed by atoms with Gasteiger partial charge in [0.05, 0.1) is 0 Å². The summed E-state index contributed by atoms with van der Waals surface area (Å²) in [6, 6.07) is 5.49. The van der Waals surface area contributed by atoms with Gasteiger partial charge in [-0.05, 0) is 47.1 Å². The van der Waals surface area contributed by atoms with Crippen molar-refractivity contribution < 1.29 is 14.6 Å². The lowest BCUT2D eigenvalue weighted by Crippen LogP contribution is -2.00. The number of carbonyl (C=O) groups is 1. The van der Waals surface area contributed by atoms with Gasteiger partial charge in [0, 0.05) is 34.2 Å². The summed E-state index contributed by atoms with van der Waals surface area (Å²) in [6.45, 7) is 2.16. The third-order valence-electron chi connectivity index (χ3n) is 2.56. The van der Waals surface area contributed by atoms with Gasteiger partial charge in [-0.1, -0.05) is 0 Å². The molecule has 6 heteroatoms. The summed E-state index contributed by atoms with van der Waals surface area (Å²) in [5.41, 5.74) is 2.18. The first kappa shape index (κ1) is 15.2. The molecule has 2 aromatic heterocycles. The number of aromatic nitrogens is 2. The normalized spacial score (nSPS) is 10.8. The molecular weight excluding hydrogens is 336 g/mol. The van der Waals surface area contributed by atoms with Crippen LogP contribution in [0.1, 0.15) is 17.0 Å². The molecule has 0 spiro atoms. The van der Waals surface area contributed by atoms with Crippen LogP contribution < -0.4 is 4.74 Å². The molecule has 2 aromatic rings. The van der Waals surface area contributed by atoms with Crippen LogP contribution in [0.5, 0.6) is 5.75 Å². The van der Waals surface area contributed by atoms with Crippen molar-refractivity contribution in [3.8, 4) is 5.75 Å². The van der Waals surface area contributed by atoms with Gasteiger partial charge in [0.25, 0.3) is 0 Å². The van der Waals surface area contributed by atoms with Gasteiger partial charge in [-0.25, -0.2) is 9.78 Å². The molecule has 0 bridgehead atoms. The van der Waals surface area contributed by atoms with E-state index in [1.807, 2.05) is 19.1 Å². The summed E-state index contributed by atoms with van der Waals surface area (Å²) in [4.78, 5) is 19.0. The molecule has 0 aliphatic rings. The van der Waals surface area contributed by atoms with Crippen molar-refractivity contribution in [2.24, 2.45) is 0 Å². The number of aryl methyl sites for hydroxylation is 1. The van der Waals surface area contributed by atoms with E-state index in [0.29, 0.717) is 18.1 Å². The first-order valence-electron chi connectivity index (χ1n) is 6.15. The Bertz CT molecular complexity index is 686. The SMILES string of the molecule is Cc1ccc(OCc2cncc(Br)c2)c(/C=C/C(=O)O)n1. The third kappa shape index (κ3) is 4.68. The van der Waals surface area contributed by atoms with Crippen LogP contribution >= 0.6 is 15.9 Å². The van der Waals surface area contributed by atoms with Gasteiger partial charge in [-0.15, -0.1) is 0 Å². The van der Waals surface area contributed by atoms with Crippen LogP contribution in [0.25, 0.3) is 6.08 Å². The number of pyridine rings is 2. The van der Waals surface area contributed by atoms with Crippen LogP contribution in [0.3, 0.4) is 0 Å². The Balaban J connectivity index is 2.17. The topological polar surface area (TPSA) is 72.3 Å². The molecular formula is C15H13BrN2O3. The molecule has 2 heterocycles. The predicted octanol–water partition coefficient (Wildman–Crippen LogP) is 3.22. The molecule has 5 nitrogen and oxygen atoms in total. The minimum Gasteiger partial charge on any atom is -0.487 e. The summed E-state index contributed by atoms with van der Waals surface area (Å²) in [6.07, 6.45) is 5.86. The Morgan fingerprint density at radius 1 is 1.43 bits per heavy atom. The highest BCUT2D eigenvalue weighted by Gasteiger charge is 2.05. The van der Waals surface area contributed by atoms with E-state index in [1.54, 1.807) is 18.5 Å². The third-order valence-corrected chi connectivity index (χ3v) is 3.00.